The lowest BCUT2D eigenvalue weighted by Gasteiger charge is -2.01. The smallest absolute Gasteiger partial charge is 0.137 e. The zero-order valence-corrected chi connectivity index (χ0v) is 10.4. The van der Waals surface area contributed by atoms with Crippen LogP contribution in [-0.2, 0) is 0 Å². The maximum Gasteiger partial charge on any atom is 0.137 e. The summed E-state index contributed by atoms with van der Waals surface area (Å²) >= 11 is 5.72. The summed E-state index contributed by atoms with van der Waals surface area (Å²) in [6.45, 7) is 8.00. The fourth-order valence-electron chi connectivity index (χ4n) is 0.683. The predicted octanol–water partition coefficient (Wildman–Crippen LogP) is 3.98. The minimum absolute atomic E-state index is 0.544. The van der Waals surface area contributed by atoms with Gasteiger partial charge in [-0.15, -0.1) is 0 Å². The molecule has 1 aromatic rings. The molecule has 1 rings (SSSR count). The maximum atomic E-state index is 5.72. The van der Waals surface area contributed by atoms with Crippen molar-refractivity contribution < 1.29 is 4.74 Å². The van der Waals surface area contributed by atoms with E-state index >= 15 is 0 Å². The van der Waals surface area contributed by atoms with Crippen molar-refractivity contribution in [1.82, 2.24) is 0 Å². The van der Waals surface area contributed by atoms with Crippen molar-refractivity contribution in [2.24, 2.45) is 0 Å². The third kappa shape index (κ3) is 5.70. The Morgan fingerprint density at radius 3 is 2.00 bits per heavy atom. The molecule has 2 N–H and O–H groups in total. The minimum atomic E-state index is 0.544. The molecule has 0 amide bonds. The first-order chi connectivity index (χ1) is 6.74. The standard InChI is InChI=1S/C7H8ClNO.2C2H6/c1-10-7-3-2-5(9)4-6(7)8;2*1-2/h2-4H,9H2,1H3;2*1-2H3. The second-order valence-corrected chi connectivity index (χ2v) is 2.30. The van der Waals surface area contributed by atoms with E-state index in [9.17, 15) is 0 Å². The Hall–Kier alpha value is -0.890. The molecule has 0 aromatic heterocycles. The number of methoxy groups -OCH3 is 1. The van der Waals surface area contributed by atoms with E-state index in [4.69, 9.17) is 22.1 Å². The molecule has 0 bridgehead atoms. The van der Waals surface area contributed by atoms with Crippen LogP contribution in [-0.4, -0.2) is 7.11 Å². The summed E-state index contributed by atoms with van der Waals surface area (Å²) in [5, 5.41) is 0.544. The summed E-state index contributed by atoms with van der Waals surface area (Å²) < 4.78 is 4.91. The van der Waals surface area contributed by atoms with Crippen molar-refractivity contribution >= 4 is 17.3 Å². The number of nitrogens with two attached hydrogens (primary N) is 1. The zero-order chi connectivity index (χ0) is 11.6. The number of halogens is 1. The van der Waals surface area contributed by atoms with Crippen LogP contribution in [0.3, 0.4) is 0 Å². The summed E-state index contributed by atoms with van der Waals surface area (Å²) in [5.41, 5.74) is 6.09. The molecule has 14 heavy (non-hydrogen) atoms. The maximum absolute atomic E-state index is 5.72. The summed E-state index contributed by atoms with van der Waals surface area (Å²) in [6.07, 6.45) is 0. The van der Waals surface area contributed by atoms with Crippen LogP contribution in [0.5, 0.6) is 5.75 Å². The van der Waals surface area contributed by atoms with Gasteiger partial charge in [0.1, 0.15) is 5.75 Å². The third-order valence-electron chi connectivity index (χ3n) is 1.18. The summed E-state index contributed by atoms with van der Waals surface area (Å²) in [4.78, 5) is 0. The van der Waals surface area contributed by atoms with Gasteiger partial charge in [-0.2, -0.15) is 0 Å². The largest absolute Gasteiger partial charge is 0.495 e. The van der Waals surface area contributed by atoms with Crippen LogP contribution in [0.4, 0.5) is 5.69 Å². The molecule has 0 fully saturated rings. The normalized spacial score (nSPS) is 7.57. The van der Waals surface area contributed by atoms with Gasteiger partial charge < -0.3 is 10.5 Å². The van der Waals surface area contributed by atoms with Gasteiger partial charge in [0, 0.05) is 5.69 Å². The van der Waals surface area contributed by atoms with Gasteiger partial charge in [0.15, 0.2) is 0 Å². The van der Waals surface area contributed by atoms with E-state index in [2.05, 4.69) is 0 Å². The summed E-state index contributed by atoms with van der Waals surface area (Å²) in [6, 6.07) is 5.13. The van der Waals surface area contributed by atoms with E-state index in [1.54, 1.807) is 25.3 Å². The van der Waals surface area contributed by atoms with Gasteiger partial charge in [-0.05, 0) is 18.2 Å². The molecule has 0 radical (unpaired) electrons. The van der Waals surface area contributed by atoms with Crippen molar-refractivity contribution in [1.29, 1.82) is 0 Å². The second kappa shape index (κ2) is 10.2. The zero-order valence-electron chi connectivity index (χ0n) is 9.60. The monoisotopic (exact) mass is 217 g/mol. The molecule has 2 nitrogen and oxygen atoms in total. The Bertz CT molecular complexity index is 239. The quantitative estimate of drug-likeness (QED) is 0.723. The van der Waals surface area contributed by atoms with Crippen LogP contribution in [0.15, 0.2) is 18.2 Å². The molecule has 1 aromatic carbocycles. The van der Waals surface area contributed by atoms with Crippen LogP contribution in [0.2, 0.25) is 5.02 Å². The Morgan fingerprint density at radius 1 is 1.14 bits per heavy atom. The minimum Gasteiger partial charge on any atom is -0.495 e. The highest BCUT2D eigenvalue weighted by Gasteiger charge is 1.97. The molecule has 0 atom stereocenters. The lowest BCUT2D eigenvalue weighted by molar-refractivity contribution is 0.415. The Balaban J connectivity index is 0. The van der Waals surface area contributed by atoms with Crippen LogP contribution >= 0.6 is 11.6 Å². The number of hydrogen-bond donors (Lipinski definition) is 1. The van der Waals surface area contributed by atoms with E-state index in [0.717, 1.165) is 0 Å². The molecule has 82 valence electrons. The number of rotatable bonds is 1. The number of anilines is 1. The molecule has 0 aliphatic rings. The molecule has 0 aliphatic heterocycles. The molecule has 0 aliphatic carbocycles. The van der Waals surface area contributed by atoms with Gasteiger partial charge in [0.25, 0.3) is 0 Å². The van der Waals surface area contributed by atoms with E-state index in [1.807, 2.05) is 27.7 Å². The highest BCUT2D eigenvalue weighted by atomic mass is 35.5. The molecule has 0 saturated heterocycles. The topological polar surface area (TPSA) is 35.2 Å². The third-order valence-corrected chi connectivity index (χ3v) is 1.47. The van der Waals surface area contributed by atoms with Crippen molar-refractivity contribution in [3.8, 4) is 5.75 Å². The SMILES string of the molecule is CC.CC.COc1ccc(N)cc1Cl. The Labute approximate surface area is 92.0 Å². The molecule has 0 unspecified atom stereocenters. The molecule has 0 saturated carbocycles. The number of hydrogen-bond acceptors (Lipinski definition) is 2. The Kier molecular flexibility index (Phi) is 11.3. The van der Waals surface area contributed by atoms with E-state index < -0.39 is 0 Å². The molecular weight excluding hydrogens is 198 g/mol. The van der Waals surface area contributed by atoms with Crippen molar-refractivity contribution in [2.45, 2.75) is 27.7 Å². The average Bonchev–Trinajstić information content (AvgIpc) is 2.24. The summed E-state index contributed by atoms with van der Waals surface area (Å²) in [5.74, 6) is 0.649. The lowest BCUT2D eigenvalue weighted by atomic mass is 10.3. The van der Waals surface area contributed by atoms with Crippen LogP contribution < -0.4 is 10.5 Å². The van der Waals surface area contributed by atoms with Gasteiger partial charge >= 0.3 is 0 Å². The fraction of sp³-hybridized carbons (Fsp3) is 0.455. The first-order valence-electron chi connectivity index (χ1n) is 4.83. The van der Waals surface area contributed by atoms with Gasteiger partial charge in [-0.1, -0.05) is 39.3 Å². The fourth-order valence-corrected chi connectivity index (χ4v) is 0.949. The van der Waals surface area contributed by atoms with Gasteiger partial charge in [0.05, 0.1) is 12.1 Å². The molecule has 0 spiro atoms. The van der Waals surface area contributed by atoms with Crippen LogP contribution in [0.1, 0.15) is 27.7 Å². The first kappa shape index (κ1) is 15.6. The highest BCUT2D eigenvalue weighted by Crippen LogP contribution is 2.25. The molecule has 0 heterocycles. The highest BCUT2D eigenvalue weighted by molar-refractivity contribution is 6.32. The second-order valence-electron chi connectivity index (χ2n) is 1.89. The average molecular weight is 218 g/mol. The van der Waals surface area contributed by atoms with E-state index in [-0.39, 0.29) is 0 Å². The molecule has 3 heteroatoms. The van der Waals surface area contributed by atoms with E-state index in [1.165, 1.54) is 0 Å². The number of nitrogen functional groups attached to an aromatic ring is 1. The van der Waals surface area contributed by atoms with Crippen molar-refractivity contribution in [3.05, 3.63) is 23.2 Å². The van der Waals surface area contributed by atoms with Crippen molar-refractivity contribution in [3.63, 3.8) is 0 Å². The first-order valence-corrected chi connectivity index (χ1v) is 5.21. The van der Waals surface area contributed by atoms with Gasteiger partial charge in [-0.25, -0.2) is 0 Å². The van der Waals surface area contributed by atoms with E-state index in [0.29, 0.717) is 16.5 Å². The van der Waals surface area contributed by atoms with Crippen LogP contribution in [0.25, 0.3) is 0 Å². The predicted molar refractivity (Wildman–Crippen MR) is 65.1 cm³/mol. The number of benzene rings is 1. The van der Waals surface area contributed by atoms with Gasteiger partial charge in [0.2, 0.25) is 0 Å². The number of ether oxygens (including phenoxy) is 1. The van der Waals surface area contributed by atoms with Gasteiger partial charge in [-0.3, -0.25) is 0 Å². The summed E-state index contributed by atoms with van der Waals surface area (Å²) in [7, 11) is 1.57. The van der Waals surface area contributed by atoms with Crippen molar-refractivity contribution in [2.75, 3.05) is 12.8 Å². The van der Waals surface area contributed by atoms with Crippen LogP contribution in [0, 0.1) is 0 Å². The Morgan fingerprint density at radius 2 is 1.64 bits per heavy atom. The molecular formula is C11H20ClNO. The lowest BCUT2D eigenvalue weighted by Crippen LogP contribution is -1.87.